The van der Waals surface area contributed by atoms with Crippen molar-refractivity contribution < 1.29 is 22.7 Å². The number of hydrogen-bond acceptors (Lipinski definition) is 3. The van der Waals surface area contributed by atoms with Crippen molar-refractivity contribution in [2.75, 3.05) is 7.11 Å². The molecular formula is C19H18F3N3O2. The maximum absolute atomic E-state index is 12.4. The second-order valence-electron chi connectivity index (χ2n) is 6.14. The van der Waals surface area contributed by atoms with Crippen molar-refractivity contribution in [3.05, 3.63) is 59.4 Å². The van der Waals surface area contributed by atoms with Crippen molar-refractivity contribution in [2.24, 2.45) is 7.05 Å². The van der Waals surface area contributed by atoms with Crippen LogP contribution in [0.2, 0.25) is 0 Å². The SMILES string of the molecule is COc1ccc2ncn(C)c2c1CNC(=O)c1ccc(CC(F)(F)F)cc1. The van der Waals surface area contributed by atoms with Crippen molar-refractivity contribution >= 4 is 16.9 Å². The number of methoxy groups -OCH3 is 1. The Morgan fingerprint density at radius 3 is 2.52 bits per heavy atom. The molecule has 0 aliphatic carbocycles. The third-order valence-electron chi connectivity index (χ3n) is 4.21. The Hall–Kier alpha value is -3.03. The molecule has 0 fully saturated rings. The molecule has 3 aromatic rings. The van der Waals surface area contributed by atoms with E-state index < -0.39 is 12.6 Å². The van der Waals surface area contributed by atoms with Gasteiger partial charge in [0, 0.05) is 24.7 Å². The average Bonchev–Trinajstić information content (AvgIpc) is 3.00. The predicted molar refractivity (Wildman–Crippen MR) is 94.6 cm³/mol. The largest absolute Gasteiger partial charge is 0.496 e. The molecule has 5 nitrogen and oxygen atoms in total. The average molecular weight is 377 g/mol. The van der Waals surface area contributed by atoms with Gasteiger partial charge >= 0.3 is 6.18 Å². The summed E-state index contributed by atoms with van der Waals surface area (Å²) in [6.07, 6.45) is -3.62. The van der Waals surface area contributed by atoms with E-state index >= 15 is 0 Å². The van der Waals surface area contributed by atoms with Gasteiger partial charge in [-0.1, -0.05) is 12.1 Å². The smallest absolute Gasteiger partial charge is 0.393 e. The number of nitrogens with one attached hydrogen (secondary N) is 1. The molecule has 8 heteroatoms. The lowest BCUT2D eigenvalue weighted by atomic mass is 10.1. The van der Waals surface area contributed by atoms with E-state index in [1.807, 2.05) is 17.7 Å². The summed E-state index contributed by atoms with van der Waals surface area (Å²) in [7, 11) is 3.39. The number of hydrogen-bond donors (Lipinski definition) is 1. The van der Waals surface area contributed by atoms with Crippen LogP contribution >= 0.6 is 0 Å². The van der Waals surface area contributed by atoms with Gasteiger partial charge in [0.05, 0.1) is 30.9 Å². The van der Waals surface area contributed by atoms with Gasteiger partial charge in [0.15, 0.2) is 0 Å². The molecule has 27 heavy (non-hydrogen) atoms. The first-order valence-electron chi connectivity index (χ1n) is 8.19. The molecule has 1 amide bonds. The molecule has 1 aromatic heterocycles. The van der Waals surface area contributed by atoms with Crippen molar-refractivity contribution in [3.8, 4) is 5.75 Å². The fourth-order valence-corrected chi connectivity index (χ4v) is 2.95. The molecule has 0 radical (unpaired) electrons. The van der Waals surface area contributed by atoms with Crippen LogP contribution in [0, 0.1) is 0 Å². The molecule has 0 saturated carbocycles. The van der Waals surface area contributed by atoms with E-state index in [2.05, 4.69) is 10.3 Å². The standard InChI is InChI=1S/C19H18F3N3O2/c1-25-11-24-15-7-8-16(27-2)14(17(15)25)10-23-18(26)13-5-3-12(4-6-13)9-19(20,21)22/h3-8,11H,9-10H2,1-2H3,(H,23,26). The molecule has 2 aromatic carbocycles. The molecular weight excluding hydrogens is 359 g/mol. The first kappa shape index (κ1) is 18.8. The topological polar surface area (TPSA) is 56.1 Å². The first-order chi connectivity index (χ1) is 12.8. The molecule has 1 N–H and O–H groups in total. The summed E-state index contributed by atoms with van der Waals surface area (Å²) in [4.78, 5) is 16.7. The zero-order valence-electron chi connectivity index (χ0n) is 14.8. The number of alkyl halides is 3. The Kier molecular flexibility index (Phi) is 5.07. The van der Waals surface area contributed by atoms with Crippen LogP contribution in [0.3, 0.4) is 0 Å². The lowest BCUT2D eigenvalue weighted by molar-refractivity contribution is -0.127. The predicted octanol–water partition coefficient (Wildman–Crippen LogP) is 3.62. The highest BCUT2D eigenvalue weighted by Crippen LogP contribution is 2.27. The number of ether oxygens (including phenoxy) is 1. The minimum atomic E-state index is -4.28. The Morgan fingerprint density at radius 2 is 1.89 bits per heavy atom. The van der Waals surface area contributed by atoms with Crippen LogP contribution in [-0.4, -0.2) is 28.7 Å². The fraction of sp³-hybridized carbons (Fsp3) is 0.263. The van der Waals surface area contributed by atoms with Crippen LogP contribution in [-0.2, 0) is 20.0 Å². The molecule has 0 atom stereocenters. The second-order valence-corrected chi connectivity index (χ2v) is 6.14. The van der Waals surface area contributed by atoms with Gasteiger partial charge in [0.1, 0.15) is 5.75 Å². The highest BCUT2D eigenvalue weighted by atomic mass is 19.4. The normalized spacial score (nSPS) is 11.6. The third-order valence-corrected chi connectivity index (χ3v) is 4.21. The zero-order chi connectivity index (χ0) is 19.6. The van der Waals surface area contributed by atoms with Crippen LogP contribution < -0.4 is 10.1 Å². The summed E-state index contributed by atoms with van der Waals surface area (Å²) in [5.74, 6) is 0.238. The lowest BCUT2D eigenvalue weighted by Crippen LogP contribution is -2.23. The third kappa shape index (κ3) is 4.21. The van der Waals surface area contributed by atoms with Gasteiger partial charge in [0.25, 0.3) is 5.91 Å². The molecule has 0 aliphatic heterocycles. The van der Waals surface area contributed by atoms with Crippen LogP contribution in [0.1, 0.15) is 21.5 Å². The van der Waals surface area contributed by atoms with Gasteiger partial charge in [-0.2, -0.15) is 13.2 Å². The number of aromatic nitrogens is 2. The number of fused-ring (bicyclic) bond motifs is 1. The van der Waals surface area contributed by atoms with E-state index in [1.165, 1.54) is 24.3 Å². The van der Waals surface area contributed by atoms with Crippen LogP contribution in [0.15, 0.2) is 42.7 Å². The molecule has 0 saturated heterocycles. The number of halogens is 3. The summed E-state index contributed by atoms with van der Waals surface area (Å²) in [5.41, 5.74) is 2.80. The fourth-order valence-electron chi connectivity index (χ4n) is 2.95. The first-order valence-corrected chi connectivity index (χ1v) is 8.19. The Labute approximate surface area is 153 Å². The zero-order valence-corrected chi connectivity index (χ0v) is 14.8. The van der Waals surface area contributed by atoms with E-state index in [4.69, 9.17) is 4.74 Å². The monoisotopic (exact) mass is 377 g/mol. The summed E-state index contributed by atoms with van der Waals surface area (Å²) < 4.78 is 44.5. The Morgan fingerprint density at radius 1 is 1.19 bits per heavy atom. The van der Waals surface area contributed by atoms with Gasteiger partial charge in [-0.05, 0) is 29.8 Å². The molecule has 0 spiro atoms. The minimum absolute atomic E-state index is 0.111. The van der Waals surface area contributed by atoms with Gasteiger partial charge in [0.2, 0.25) is 0 Å². The number of nitrogens with zero attached hydrogens (tertiary/aromatic N) is 2. The highest BCUT2D eigenvalue weighted by molar-refractivity contribution is 5.94. The maximum atomic E-state index is 12.4. The van der Waals surface area contributed by atoms with Crippen LogP contribution in [0.5, 0.6) is 5.75 Å². The number of amides is 1. The number of carbonyl (C=O) groups is 1. The van der Waals surface area contributed by atoms with E-state index in [0.717, 1.165) is 16.6 Å². The summed E-state index contributed by atoms with van der Waals surface area (Å²) in [6.45, 7) is 0.198. The minimum Gasteiger partial charge on any atom is -0.496 e. The summed E-state index contributed by atoms with van der Waals surface area (Å²) in [5, 5.41) is 2.78. The molecule has 0 bridgehead atoms. The molecule has 3 rings (SSSR count). The van der Waals surface area contributed by atoms with Gasteiger partial charge < -0.3 is 14.6 Å². The van der Waals surface area contributed by atoms with Crippen molar-refractivity contribution in [3.63, 3.8) is 0 Å². The quantitative estimate of drug-likeness (QED) is 0.739. The second kappa shape index (κ2) is 7.30. The number of benzene rings is 2. The van der Waals surface area contributed by atoms with Crippen molar-refractivity contribution in [2.45, 2.75) is 19.1 Å². The van der Waals surface area contributed by atoms with E-state index in [1.54, 1.807) is 19.5 Å². The van der Waals surface area contributed by atoms with E-state index in [9.17, 15) is 18.0 Å². The molecule has 0 unspecified atom stereocenters. The Balaban J connectivity index is 1.76. The number of rotatable bonds is 5. The number of aryl methyl sites for hydroxylation is 1. The molecule has 142 valence electrons. The summed E-state index contributed by atoms with van der Waals surface area (Å²) in [6, 6.07) is 9.01. The van der Waals surface area contributed by atoms with E-state index in [-0.39, 0.29) is 23.6 Å². The Bertz CT molecular complexity index is 963. The van der Waals surface area contributed by atoms with Crippen LogP contribution in [0.4, 0.5) is 13.2 Å². The number of imidazole rings is 1. The summed E-state index contributed by atoms with van der Waals surface area (Å²) >= 11 is 0. The number of carbonyl (C=O) groups excluding carboxylic acids is 1. The highest BCUT2D eigenvalue weighted by Gasteiger charge is 2.27. The lowest BCUT2D eigenvalue weighted by Gasteiger charge is -2.12. The van der Waals surface area contributed by atoms with Crippen LogP contribution in [0.25, 0.3) is 11.0 Å². The van der Waals surface area contributed by atoms with E-state index in [0.29, 0.717) is 5.75 Å². The van der Waals surface area contributed by atoms with Crippen molar-refractivity contribution in [1.29, 1.82) is 0 Å². The van der Waals surface area contributed by atoms with Gasteiger partial charge in [-0.15, -0.1) is 0 Å². The van der Waals surface area contributed by atoms with Crippen molar-refractivity contribution in [1.82, 2.24) is 14.9 Å². The maximum Gasteiger partial charge on any atom is 0.393 e. The van der Waals surface area contributed by atoms with Gasteiger partial charge in [-0.3, -0.25) is 4.79 Å². The van der Waals surface area contributed by atoms with Gasteiger partial charge in [-0.25, -0.2) is 4.98 Å². The molecule has 1 heterocycles. The molecule has 0 aliphatic rings.